The quantitative estimate of drug-likeness (QED) is 0.332. The van der Waals surface area contributed by atoms with Crippen LogP contribution in [-0.2, 0) is 27.4 Å². The maximum atomic E-state index is 13.8. The normalized spacial score (nSPS) is 12.6. The second-order valence-corrected chi connectivity index (χ2v) is 10.3. The van der Waals surface area contributed by atoms with Gasteiger partial charge in [-0.05, 0) is 43.3 Å². The molecule has 0 radical (unpaired) electrons. The van der Waals surface area contributed by atoms with E-state index in [0.717, 1.165) is 23.7 Å². The topological polar surface area (TPSA) is 107 Å². The molecule has 36 heavy (non-hydrogen) atoms. The Kier molecular flexibility index (Phi) is 7.28. The predicted octanol–water partition coefficient (Wildman–Crippen LogP) is 4.58. The standard InChI is InChI=1S/C25H24FN5O4S/c1-15-11-20-24(28-15)21(31-19-7-5-16(26)12-23(19)36(4,32)33)14-18(29-20)13-17-6-8-22(25(27-2)30-17)35-10-9-34-3/h5-8,12,14H,9-11,13H2,1,3-4H3,(H,29,31). The molecule has 0 fully saturated rings. The van der Waals surface area contributed by atoms with Crippen molar-refractivity contribution in [1.29, 1.82) is 0 Å². The number of hydrogen-bond acceptors (Lipinski definition) is 8. The molecular weight excluding hydrogens is 485 g/mol. The Hall–Kier alpha value is -3.88. The number of halogens is 1. The summed E-state index contributed by atoms with van der Waals surface area (Å²) in [6, 6.07) is 8.79. The molecule has 11 heteroatoms. The van der Waals surface area contributed by atoms with Gasteiger partial charge in [-0.15, -0.1) is 4.98 Å². The molecule has 0 saturated heterocycles. The van der Waals surface area contributed by atoms with Crippen molar-refractivity contribution in [2.75, 3.05) is 31.9 Å². The minimum Gasteiger partial charge on any atom is -0.500 e. The minimum atomic E-state index is -3.69. The van der Waals surface area contributed by atoms with Gasteiger partial charge in [-0.2, -0.15) is 0 Å². The number of methoxy groups -OCH3 is 1. The van der Waals surface area contributed by atoms with Crippen molar-refractivity contribution in [3.8, 4) is 5.75 Å². The van der Waals surface area contributed by atoms with E-state index in [1.54, 1.807) is 25.3 Å². The van der Waals surface area contributed by atoms with Crippen LogP contribution in [-0.4, -0.2) is 50.7 Å². The van der Waals surface area contributed by atoms with Crippen LogP contribution in [0.1, 0.15) is 24.0 Å². The van der Waals surface area contributed by atoms with Gasteiger partial charge in [-0.1, -0.05) is 6.57 Å². The maximum Gasteiger partial charge on any atom is 0.312 e. The van der Waals surface area contributed by atoms with Gasteiger partial charge in [0.2, 0.25) is 0 Å². The van der Waals surface area contributed by atoms with Crippen LogP contribution in [0.15, 0.2) is 46.3 Å². The zero-order valence-corrected chi connectivity index (χ0v) is 20.8. The van der Waals surface area contributed by atoms with Gasteiger partial charge in [0.05, 0.1) is 40.7 Å². The Bertz CT molecular complexity index is 1500. The first-order valence-electron chi connectivity index (χ1n) is 11.0. The summed E-state index contributed by atoms with van der Waals surface area (Å²) in [7, 11) is -2.12. The third-order valence-corrected chi connectivity index (χ3v) is 6.50. The summed E-state index contributed by atoms with van der Waals surface area (Å²) in [4.78, 5) is 17.0. The van der Waals surface area contributed by atoms with Crippen LogP contribution in [0.25, 0.3) is 4.85 Å². The highest BCUT2D eigenvalue weighted by molar-refractivity contribution is 7.90. The number of aliphatic imine (C=N–C) groups is 1. The van der Waals surface area contributed by atoms with Gasteiger partial charge in [-0.25, -0.2) is 12.8 Å². The van der Waals surface area contributed by atoms with E-state index in [1.165, 1.54) is 12.1 Å². The summed E-state index contributed by atoms with van der Waals surface area (Å²) in [6.07, 6.45) is 1.90. The molecule has 4 rings (SSSR count). The lowest BCUT2D eigenvalue weighted by Crippen LogP contribution is -2.06. The Morgan fingerprint density at radius 3 is 2.64 bits per heavy atom. The summed E-state index contributed by atoms with van der Waals surface area (Å²) in [6.45, 7) is 10.0. The summed E-state index contributed by atoms with van der Waals surface area (Å²) in [5.74, 6) is -0.123. The molecule has 0 amide bonds. The van der Waals surface area contributed by atoms with E-state index in [1.807, 2.05) is 6.92 Å². The lowest BCUT2D eigenvalue weighted by atomic mass is 10.1. The van der Waals surface area contributed by atoms with Crippen molar-refractivity contribution in [1.82, 2.24) is 9.97 Å². The van der Waals surface area contributed by atoms with Gasteiger partial charge < -0.3 is 19.6 Å². The number of aromatic nitrogens is 2. The highest BCUT2D eigenvalue weighted by Crippen LogP contribution is 2.38. The van der Waals surface area contributed by atoms with Gasteiger partial charge in [0.15, 0.2) is 9.84 Å². The summed E-state index contributed by atoms with van der Waals surface area (Å²) in [5, 5.41) is 3.12. The number of nitrogens with zero attached hydrogens (tertiary/aromatic N) is 4. The van der Waals surface area contributed by atoms with E-state index in [2.05, 4.69) is 20.1 Å². The largest absolute Gasteiger partial charge is 0.500 e. The Labute approximate surface area is 208 Å². The fourth-order valence-electron chi connectivity index (χ4n) is 3.79. The number of anilines is 2. The maximum absolute atomic E-state index is 13.8. The van der Waals surface area contributed by atoms with Crippen molar-refractivity contribution in [3.05, 3.63) is 70.7 Å². The first-order chi connectivity index (χ1) is 17.2. The van der Waals surface area contributed by atoms with Crippen LogP contribution >= 0.6 is 0 Å². The molecule has 1 aliphatic heterocycles. The van der Waals surface area contributed by atoms with Gasteiger partial charge in [0.1, 0.15) is 29.6 Å². The molecule has 0 aliphatic carbocycles. The average Bonchev–Trinajstić information content (AvgIpc) is 3.20. The summed E-state index contributed by atoms with van der Waals surface area (Å²) < 4.78 is 48.9. The molecule has 9 nitrogen and oxygen atoms in total. The Morgan fingerprint density at radius 2 is 1.92 bits per heavy atom. The molecule has 2 aromatic heterocycles. The first kappa shape index (κ1) is 25.2. The number of benzene rings is 1. The summed E-state index contributed by atoms with van der Waals surface area (Å²) >= 11 is 0. The minimum absolute atomic E-state index is 0.145. The zero-order chi connectivity index (χ0) is 25.9. The van der Waals surface area contributed by atoms with Crippen LogP contribution in [0.5, 0.6) is 5.75 Å². The number of nitrogens with one attached hydrogen (secondary N) is 1. The van der Waals surface area contributed by atoms with Crippen molar-refractivity contribution in [3.63, 3.8) is 0 Å². The smallest absolute Gasteiger partial charge is 0.312 e. The second-order valence-electron chi connectivity index (χ2n) is 8.27. The molecule has 1 aromatic carbocycles. The fraction of sp³-hybridized carbons (Fsp3) is 0.280. The number of hydrogen-bond donors (Lipinski definition) is 1. The van der Waals surface area contributed by atoms with Gasteiger partial charge in [0, 0.05) is 25.5 Å². The average molecular weight is 510 g/mol. The van der Waals surface area contributed by atoms with E-state index < -0.39 is 15.7 Å². The molecule has 0 unspecified atom stereocenters. The lowest BCUT2D eigenvalue weighted by Gasteiger charge is -2.14. The highest BCUT2D eigenvalue weighted by atomic mass is 32.2. The van der Waals surface area contributed by atoms with Crippen LogP contribution in [0.4, 0.5) is 27.3 Å². The molecule has 0 bridgehead atoms. The van der Waals surface area contributed by atoms with Gasteiger partial charge >= 0.3 is 5.82 Å². The van der Waals surface area contributed by atoms with E-state index in [9.17, 15) is 12.8 Å². The highest BCUT2D eigenvalue weighted by Gasteiger charge is 2.22. The predicted molar refractivity (Wildman–Crippen MR) is 134 cm³/mol. The van der Waals surface area contributed by atoms with Crippen LogP contribution < -0.4 is 10.1 Å². The van der Waals surface area contributed by atoms with E-state index in [4.69, 9.17) is 21.0 Å². The Balaban J connectivity index is 1.68. The number of fused-ring (bicyclic) bond motifs is 1. The first-order valence-corrected chi connectivity index (χ1v) is 12.9. The van der Waals surface area contributed by atoms with Crippen molar-refractivity contribution < 1.29 is 22.3 Å². The van der Waals surface area contributed by atoms with E-state index in [0.29, 0.717) is 54.6 Å². The monoisotopic (exact) mass is 509 g/mol. The zero-order valence-electron chi connectivity index (χ0n) is 20.0. The number of sulfone groups is 1. The molecular formula is C25H24FN5O4S. The third kappa shape index (κ3) is 5.67. The molecule has 0 atom stereocenters. The van der Waals surface area contributed by atoms with Crippen molar-refractivity contribution in [2.45, 2.75) is 24.7 Å². The molecule has 0 spiro atoms. The van der Waals surface area contributed by atoms with Crippen molar-refractivity contribution in [2.24, 2.45) is 4.99 Å². The van der Waals surface area contributed by atoms with Gasteiger partial charge in [-0.3, -0.25) is 9.98 Å². The Morgan fingerprint density at radius 1 is 1.11 bits per heavy atom. The molecule has 186 valence electrons. The molecule has 1 N–H and O–H groups in total. The van der Waals surface area contributed by atoms with E-state index >= 15 is 0 Å². The number of rotatable bonds is 9. The number of ether oxygens (including phenoxy) is 2. The SMILES string of the molecule is [C-]#[N+]c1nc(Cc2cc(Nc3ccc(F)cc3S(C)(=O)=O)c3c(n2)CC(C)=N3)ccc1OCCOC. The summed E-state index contributed by atoms with van der Waals surface area (Å²) in [5.41, 5.74) is 4.27. The van der Waals surface area contributed by atoms with Crippen molar-refractivity contribution >= 4 is 38.4 Å². The van der Waals surface area contributed by atoms with Crippen LogP contribution in [0, 0.1) is 12.4 Å². The molecule has 3 aromatic rings. The van der Waals surface area contributed by atoms with Gasteiger partial charge in [0.25, 0.3) is 0 Å². The third-order valence-electron chi connectivity index (χ3n) is 5.37. The van der Waals surface area contributed by atoms with Crippen LogP contribution in [0.3, 0.4) is 0 Å². The fourth-order valence-corrected chi connectivity index (χ4v) is 4.64. The number of pyridine rings is 2. The molecule has 3 heterocycles. The second kappa shape index (κ2) is 10.4. The van der Waals surface area contributed by atoms with Crippen LogP contribution in [0.2, 0.25) is 0 Å². The molecule has 0 saturated carbocycles. The molecule has 1 aliphatic rings. The van der Waals surface area contributed by atoms with E-state index in [-0.39, 0.29) is 16.4 Å². The lowest BCUT2D eigenvalue weighted by molar-refractivity contribution is 0.146.